The van der Waals surface area contributed by atoms with Crippen molar-refractivity contribution in [1.29, 1.82) is 0 Å². The van der Waals surface area contributed by atoms with Crippen LogP contribution in [0.3, 0.4) is 0 Å². The van der Waals surface area contributed by atoms with Gasteiger partial charge in [0.25, 0.3) is 5.91 Å². The zero-order valence-corrected chi connectivity index (χ0v) is 16.1. The number of carboxylic acid groups (broad SMARTS) is 1. The molecule has 0 saturated carbocycles. The van der Waals surface area contributed by atoms with Crippen LogP contribution in [-0.4, -0.2) is 53.2 Å². The van der Waals surface area contributed by atoms with Gasteiger partial charge in [-0.15, -0.1) is 0 Å². The maximum absolute atomic E-state index is 12.4. The first-order valence-corrected chi connectivity index (χ1v) is 9.30. The Morgan fingerprint density at radius 1 is 1.23 bits per heavy atom. The molecule has 0 radical (unpaired) electrons. The highest BCUT2D eigenvalue weighted by molar-refractivity contribution is 5.96. The molecule has 1 aromatic rings. The lowest BCUT2D eigenvalue weighted by Gasteiger charge is -2.35. The Hall–Kier alpha value is -1.92. The van der Waals surface area contributed by atoms with Crippen LogP contribution in [0.25, 0.3) is 0 Å². The molecule has 1 aliphatic heterocycles. The quantitative estimate of drug-likeness (QED) is 0.779. The summed E-state index contributed by atoms with van der Waals surface area (Å²) in [5.41, 5.74) is 1.60. The van der Waals surface area contributed by atoms with Crippen molar-refractivity contribution in [3.8, 4) is 0 Å². The zero-order chi connectivity index (χ0) is 19.3. The second-order valence-corrected chi connectivity index (χ2v) is 7.32. The number of ether oxygens (including phenoxy) is 1. The molecule has 0 bridgehead atoms. The molecule has 0 spiro atoms. The molecule has 0 aliphatic carbocycles. The van der Waals surface area contributed by atoms with Gasteiger partial charge in [-0.3, -0.25) is 9.69 Å². The van der Waals surface area contributed by atoms with Gasteiger partial charge >= 0.3 is 5.97 Å². The van der Waals surface area contributed by atoms with Crippen LogP contribution in [0.5, 0.6) is 0 Å². The van der Waals surface area contributed by atoms with Gasteiger partial charge in [0.05, 0.1) is 12.2 Å². The number of rotatable bonds is 7. The van der Waals surface area contributed by atoms with Crippen molar-refractivity contribution in [3.63, 3.8) is 0 Å². The zero-order valence-electron chi connectivity index (χ0n) is 16.1. The fourth-order valence-corrected chi connectivity index (χ4v) is 3.34. The molecule has 6 heteroatoms. The molecule has 1 heterocycles. The number of carbonyl (C=O) groups excluding carboxylic acids is 1. The molecule has 26 heavy (non-hydrogen) atoms. The van der Waals surface area contributed by atoms with Gasteiger partial charge in [0.15, 0.2) is 0 Å². The lowest BCUT2D eigenvalue weighted by Crippen LogP contribution is -2.45. The number of hydrogen-bond acceptors (Lipinski definition) is 4. The van der Waals surface area contributed by atoms with E-state index in [1.807, 2.05) is 26.0 Å². The number of morpholine rings is 1. The Labute approximate surface area is 155 Å². The van der Waals surface area contributed by atoms with Gasteiger partial charge in [0, 0.05) is 25.2 Å². The standard InChI is InChI=1S/C20H30N2O4/c1-5-13(2)18(20(24)25)21-19(23)17-8-6-16(7-9-17)12-22-10-14(3)26-15(4)11-22/h6-9,13-15,18H,5,10-12H2,1-4H3,(H,21,23)(H,24,25)/t13-,14-,15+,18-/m0/s1. The second-order valence-electron chi connectivity index (χ2n) is 7.32. The largest absolute Gasteiger partial charge is 0.480 e. The summed E-state index contributed by atoms with van der Waals surface area (Å²) in [6.07, 6.45) is 1.13. The molecular formula is C20H30N2O4. The van der Waals surface area contributed by atoms with Crippen LogP contribution in [0.15, 0.2) is 24.3 Å². The average molecular weight is 362 g/mol. The molecule has 6 nitrogen and oxygen atoms in total. The number of aliphatic carboxylic acids is 1. The van der Waals surface area contributed by atoms with Gasteiger partial charge < -0.3 is 15.2 Å². The number of hydrogen-bond donors (Lipinski definition) is 2. The summed E-state index contributed by atoms with van der Waals surface area (Å²) in [7, 11) is 0. The van der Waals surface area contributed by atoms with Crippen LogP contribution in [0.2, 0.25) is 0 Å². The van der Waals surface area contributed by atoms with E-state index in [2.05, 4.69) is 24.1 Å². The van der Waals surface area contributed by atoms with E-state index in [0.717, 1.165) is 25.2 Å². The van der Waals surface area contributed by atoms with E-state index in [1.165, 1.54) is 0 Å². The van der Waals surface area contributed by atoms with Gasteiger partial charge in [0.1, 0.15) is 6.04 Å². The van der Waals surface area contributed by atoms with Gasteiger partial charge in [-0.2, -0.15) is 0 Å². The Morgan fingerprint density at radius 3 is 2.31 bits per heavy atom. The molecule has 2 rings (SSSR count). The lowest BCUT2D eigenvalue weighted by atomic mass is 9.99. The van der Waals surface area contributed by atoms with Crippen molar-refractivity contribution in [2.24, 2.45) is 5.92 Å². The topological polar surface area (TPSA) is 78.9 Å². The molecule has 0 unspecified atom stereocenters. The Balaban J connectivity index is 1.97. The van der Waals surface area contributed by atoms with E-state index in [4.69, 9.17) is 4.74 Å². The maximum atomic E-state index is 12.4. The van der Waals surface area contributed by atoms with Crippen molar-refractivity contribution in [2.75, 3.05) is 13.1 Å². The van der Waals surface area contributed by atoms with Crippen LogP contribution in [-0.2, 0) is 16.1 Å². The van der Waals surface area contributed by atoms with Gasteiger partial charge in [0.2, 0.25) is 0 Å². The first-order valence-electron chi connectivity index (χ1n) is 9.30. The summed E-state index contributed by atoms with van der Waals surface area (Å²) in [6.45, 7) is 10.5. The van der Waals surface area contributed by atoms with Crippen LogP contribution in [0, 0.1) is 5.92 Å². The van der Waals surface area contributed by atoms with Crippen molar-refractivity contribution in [1.82, 2.24) is 10.2 Å². The predicted octanol–water partition coefficient (Wildman–Crippen LogP) is 2.52. The third kappa shape index (κ3) is 5.54. The average Bonchev–Trinajstić information content (AvgIpc) is 2.58. The van der Waals surface area contributed by atoms with Crippen LogP contribution >= 0.6 is 0 Å². The Morgan fingerprint density at radius 2 is 1.81 bits per heavy atom. The van der Waals surface area contributed by atoms with Crippen LogP contribution < -0.4 is 5.32 Å². The van der Waals surface area contributed by atoms with Crippen molar-refractivity contribution < 1.29 is 19.4 Å². The first kappa shape index (κ1) is 20.4. The Kier molecular flexibility index (Phi) is 7.17. The molecule has 2 N–H and O–H groups in total. The monoisotopic (exact) mass is 362 g/mol. The fourth-order valence-electron chi connectivity index (χ4n) is 3.34. The number of amides is 1. The SMILES string of the molecule is CC[C@H](C)[C@H](NC(=O)c1ccc(CN2C[C@@H](C)O[C@@H](C)C2)cc1)C(=O)O. The van der Waals surface area contributed by atoms with E-state index >= 15 is 0 Å². The van der Waals surface area contributed by atoms with Crippen LogP contribution in [0.1, 0.15) is 50.0 Å². The minimum absolute atomic E-state index is 0.124. The molecule has 4 atom stereocenters. The second kappa shape index (κ2) is 9.14. The van der Waals surface area contributed by atoms with E-state index in [9.17, 15) is 14.7 Å². The number of nitrogens with one attached hydrogen (secondary N) is 1. The van der Waals surface area contributed by atoms with Crippen molar-refractivity contribution in [3.05, 3.63) is 35.4 Å². The summed E-state index contributed by atoms with van der Waals surface area (Å²) in [5.74, 6) is -1.47. The molecule has 1 amide bonds. The maximum Gasteiger partial charge on any atom is 0.326 e. The van der Waals surface area contributed by atoms with Crippen molar-refractivity contribution >= 4 is 11.9 Å². The van der Waals surface area contributed by atoms with E-state index in [1.54, 1.807) is 12.1 Å². The molecular weight excluding hydrogens is 332 g/mol. The highest BCUT2D eigenvalue weighted by atomic mass is 16.5. The highest BCUT2D eigenvalue weighted by Gasteiger charge is 2.26. The van der Waals surface area contributed by atoms with Gasteiger partial charge in [-0.1, -0.05) is 32.4 Å². The number of nitrogens with zero attached hydrogens (tertiary/aromatic N) is 1. The van der Waals surface area contributed by atoms with Crippen molar-refractivity contribution in [2.45, 2.75) is 58.9 Å². The molecule has 1 fully saturated rings. The van der Waals surface area contributed by atoms with Crippen LogP contribution in [0.4, 0.5) is 0 Å². The molecule has 0 aromatic heterocycles. The number of benzene rings is 1. The summed E-state index contributed by atoms with van der Waals surface area (Å²) in [6, 6.07) is 6.50. The molecule has 1 aliphatic rings. The van der Waals surface area contributed by atoms with E-state index < -0.39 is 12.0 Å². The summed E-state index contributed by atoms with van der Waals surface area (Å²) in [5, 5.41) is 11.9. The summed E-state index contributed by atoms with van der Waals surface area (Å²) < 4.78 is 5.75. The third-order valence-electron chi connectivity index (χ3n) is 4.88. The summed E-state index contributed by atoms with van der Waals surface area (Å²) >= 11 is 0. The number of carboxylic acids is 1. The predicted molar refractivity (Wildman–Crippen MR) is 100 cm³/mol. The van der Waals surface area contributed by atoms with E-state index in [-0.39, 0.29) is 24.0 Å². The smallest absolute Gasteiger partial charge is 0.326 e. The minimum Gasteiger partial charge on any atom is -0.480 e. The van der Waals surface area contributed by atoms with Gasteiger partial charge in [-0.25, -0.2) is 4.79 Å². The van der Waals surface area contributed by atoms with Gasteiger partial charge in [-0.05, 0) is 37.5 Å². The molecule has 1 saturated heterocycles. The first-order chi connectivity index (χ1) is 12.3. The fraction of sp³-hybridized carbons (Fsp3) is 0.600. The van der Waals surface area contributed by atoms with E-state index in [0.29, 0.717) is 12.0 Å². The third-order valence-corrected chi connectivity index (χ3v) is 4.88. The Bertz CT molecular complexity index is 607. The highest BCUT2D eigenvalue weighted by Crippen LogP contribution is 2.15. The normalized spacial score (nSPS) is 23.2. The lowest BCUT2D eigenvalue weighted by molar-refractivity contribution is -0.140. The minimum atomic E-state index is -1.00. The molecule has 144 valence electrons. The molecule has 1 aromatic carbocycles. The summed E-state index contributed by atoms with van der Waals surface area (Å²) in [4.78, 5) is 26.1. The number of carbonyl (C=O) groups is 2.